The van der Waals surface area contributed by atoms with Gasteiger partial charge in [0, 0.05) is 16.7 Å². The van der Waals surface area contributed by atoms with Gasteiger partial charge in [-0.05, 0) is 52.3 Å². The molecule has 1 aromatic rings. The lowest BCUT2D eigenvalue weighted by Crippen LogP contribution is -2.46. The van der Waals surface area contributed by atoms with Crippen LogP contribution in [0.3, 0.4) is 0 Å². The molecule has 0 fully saturated rings. The molecule has 2 heterocycles. The minimum atomic E-state index is -0.311. The number of amides is 1. The minimum absolute atomic E-state index is 0.0910. The summed E-state index contributed by atoms with van der Waals surface area (Å²) in [5.74, 6) is 0.887. The lowest BCUT2D eigenvalue weighted by Gasteiger charge is -2.38. The fraction of sp³-hybridized carbons (Fsp3) is 0.389. The van der Waals surface area contributed by atoms with Gasteiger partial charge in [0.05, 0.1) is 18.3 Å². The van der Waals surface area contributed by atoms with Crippen molar-refractivity contribution in [2.75, 3.05) is 12.0 Å². The standard InChI is InChI=1S/C18H21NO2/c1-10(2)15-14-8-12(21-6)7-13-11(3)9-18(4,5)19(16(13)14)17(15)20/h7-9H,1-6H3. The average Bonchev–Trinajstić information content (AvgIpc) is 2.68. The number of anilines is 1. The van der Waals surface area contributed by atoms with E-state index in [1.165, 1.54) is 5.57 Å². The van der Waals surface area contributed by atoms with Gasteiger partial charge in [0.25, 0.3) is 5.91 Å². The largest absolute Gasteiger partial charge is 0.497 e. The summed E-state index contributed by atoms with van der Waals surface area (Å²) < 4.78 is 5.43. The molecule has 0 saturated carbocycles. The van der Waals surface area contributed by atoms with Crippen LogP contribution in [0.15, 0.2) is 23.8 Å². The lowest BCUT2D eigenvalue weighted by atomic mass is 9.89. The Hall–Kier alpha value is -2.03. The van der Waals surface area contributed by atoms with Gasteiger partial charge in [0.1, 0.15) is 5.75 Å². The van der Waals surface area contributed by atoms with E-state index < -0.39 is 0 Å². The smallest absolute Gasteiger partial charge is 0.259 e. The summed E-state index contributed by atoms with van der Waals surface area (Å²) in [4.78, 5) is 14.9. The molecule has 0 atom stereocenters. The topological polar surface area (TPSA) is 29.5 Å². The van der Waals surface area contributed by atoms with Crippen molar-refractivity contribution in [1.82, 2.24) is 0 Å². The van der Waals surface area contributed by atoms with Gasteiger partial charge >= 0.3 is 0 Å². The highest BCUT2D eigenvalue weighted by molar-refractivity contribution is 6.35. The molecule has 2 aliphatic heterocycles. The fourth-order valence-corrected chi connectivity index (χ4v) is 3.49. The zero-order valence-corrected chi connectivity index (χ0v) is 13.5. The van der Waals surface area contributed by atoms with Crippen LogP contribution < -0.4 is 9.64 Å². The van der Waals surface area contributed by atoms with Crippen molar-refractivity contribution >= 4 is 22.7 Å². The molecule has 0 saturated heterocycles. The molecule has 3 heteroatoms. The first-order valence-corrected chi connectivity index (χ1v) is 7.22. The molecule has 0 bridgehead atoms. The highest BCUT2D eigenvalue weighted by Crippen LogP contribution is 2.51. The van der Waals surface area contributed by atoms with Crippen molar-refractivity contribution < 1.29 is 9.53 Å². The zero-order valence-electron chi connectivity index (χ0n) is 13.5. The Morgan fingerprint density at radius 1 is 1.19 bits per heavy atom. The second kappa shape index (κ2) is 4.23. The first-order valence-electron chi connectivity index (χ1n) is 7.22. The van der Waals surface area contributed by atoms with Gasteiger partial charge in [-0.2, -0.15) is 0 Å². The Labute approximate surface area is 125 Å². The highest BCUT2D eigenvalue weighted by atomic mass is 16.5. The monoisotopic (exact) mass is 283 g/mol. The first-order chi connectivity index (χ1) is 9.77. The second-order valence-electron chi connectivity index (χ2n) is 6.57. The normalized spacial score (nSPS) is 18.6. The number of carbonyl (C=O) groups is 1. The molecule has 3 rings (SSSR count). The highest BCUT2D eigenvalue weighted by Gasteiger charge is 2.44. The molecule has 0 unspecified atom stereocenters. The predicted octanol–water partition coefficient (Wildman–Crippen LogP) is 4.03. The van der Waals surface area contributed by atoms with Gasteiger partial charge in [-0.15, -0.1) is 0 Å². The van der Waals surface area contributed by atoms with Crippen molar-refractivity contribution in [2.24, 2.45) is 0 Å². The molecule has 1 aromatic carbocycles. The number of hydrogen-bond donors (Lipinski definition) is 0. The fourth-order valence-electron chi connectivity index (χ4n) is 3.49. The van der Waals surface area contributed by atoms with Crippen molar-refractivity contribution in [3.8, 4) is 5.75 Å². The van der Waals surface area contributed by atoms with E-state index >= 15 is 0 Å². The maximum atomic E-state index is 12.9. The summed E-state index contributed by atoms with van der Waals surface area (Å²) in [5, 5.41) is 0. The molecular formula is C18H21NO2. The first kappa shape index (κ1) is 13.9. The second-order valence-corrected chi connectivity index (χ2v) is 6.57. The summed E-state index contributed by atoms with van der Waals surface area (Å²) in [7, 11) is 1.66. The molecule has 0 spiro atoms. The van der Waals surface area contributed by atoms with E-state index in [0.717, 1.165) is 33.7 Å². The average molecular weight is 283 g/mol. The van der Waals surface area contributed by atoms with Crippen LogP contribution in [-0.4, -0.2) is 18.6 Å². The zero-order chi connectivity index (χ0) is 15.5. The SMILES string of the molecule is COc1cc2c3c(c1)C(=C(C)C)C(=O)N3C(C)(C)C=C2C. The van der Waals surface area contributed by atoms with Gasteiger partial charge in [0.15, 0.2) is 0 Å². The van der Waals surface area contributed by atoms with E-state index in [9.17, 15) is 4.79 Å². The van der Waals surface area contributed by atoms with Crippen molar-refractivity contribution in [3.05, 3.63) is 34.9 Å². The number of hydrogen-bond acceptors (Lipinski definition) is 2. The van der Waals surface area contributed by atoms with Gasteiger partial charge in [-0.25, -0.2) is 0 Å². The Morgan fingerprint density at radius 2 is 1.81 bits per heavy atom. The van der Waals surface area contributed by atoms with Crippen LogP contribution in [-0.2, 0) is 4.79 Å². The lowest BCUT2D eigenvalue weighted by molar-refractivity contribution is -0.113. The van der Waals surface area contributed by atoms with Crippen LogP contribution in [0, 0.1) is 0 Å². The van der Waals surface area contributed by atoms with E-state index in [1.54, 1.807) is 7.11 Å². The minimum Gasteiger partial charge on any atom is -0.497 e. The molecule has 110 valence electrons. The molecule has 0 aromatic heterocycles. The van der Waals surface area contributed by atoms with Crippen molar-refractivity contribution in [1.29, 1.82) is 0 Å². The third kappa shape index (κ3) is 1.76. The molecule has 0 radical (unpaired) electrons. The van der Waals surface area contributed by atoms with Crippen LogP contribution in [0.25, 0.3) is 11.1 Å². The Morgan fingerprint density at radius 3 is 2.38 bits per heavy atom. The van der Waals surface area contributed by atoms with Crippen LogP contribution in [0.4, 0.5) is 5.69 Å². The number of methoxy groups -OCH3 is 1. The van der Waals surface area contributed by atoms with E-state index in [-0.39, 0.29) is 11.4 Å². The maximum absolute atomic E-state index is 12.9. The summed E-state index contributed by atoms with van der Waals surface area (Å²) >= 11 is 0. The number of rotatable bonds is 1. The molecule has 0 N–H and O–H groups in total. The third-order valence-electron chi connectivity index (χ3n) is 4.30. The molecule has 2 aliphatic rings. The van der Waals surface area contributed by atoms with E-state index in [0.29, 0.717) is 0 Å². The van der Waals surface area contributed by atoms with Crippen LogP contribution in [0.1, 0.15) is 45.7 Å². The predicted molar refractivity (Wildman–Crippen MR) is 86.5 cm³/mol. The van der Waals surface area contributed by atoms with E-state index in [2.05, 4.69) is 26.8 Å². The van der Waals surface area contributed by atoms with Crippen LogP contribution >= 0.6 is 0 Å². The summed E-state index contributed by atoms with van der Waals surface area (Å²) in [6, 6.07) is 4.00. The van der Waals surface area contributed by atoms with Crippen LogP contribution in [0.2, 0.25) is 0 Å². The summed E-state index contributed by atoms with van der Waals surface area (Å²) in [6.07, 6.45) is 2.16. The molecule has 0 aliphatic carbocycles. The van der Waals surface area contributed by atoms with Crippen molar-refractivity contribution in [3.63, 3.8) is 0 Å². The third-order valence-corrected chi connectivity index (χ3v) is 4.30. The van der Waals surface area contributed by atoms with Gasteiger partial charge in [-0.1, -0.05) is 11.6 Å². The van der Waals surface area contributed by atoms with Crippen LogP contribution in [0.5, 0.6) is 5.75 Å². The maximum Gasteiger partial charge on any atom is 0.259 e. The number of carbonyl (C=O) groups excluding carboxylic acids is 1. The molecular weight excluding hydrogens is 262 g/mol. The summed E-state index contributed by atoms with van der Waals surface area (Å²) in [6.45, 7) is 10.2. The van der Waals surface area contributed by atoms with Gasteiger partial charge in [0.2, 0.25) is 0 Å². The Balaban J connectivity index is 2.43. The van der Waals surface area contributed by atoms with E-state index in [1.807, 2.05) is 30.9 Å². The van der Waals surface area contributed by atoms with Crippen molar-refractivity contribution in [2.45, 2.75) is 40.2 Å². The van der Waals surface area contributed by atoms with E-state index in [4.69, 9.17) is 4.74 Å². The van der Waals surface area contributed by atoms with Gasteiger partial charge in [-0.3, -0.25) is 9.69 Å². The number of benzene rings is 1. The Bertz CT molecular complexity index is 719. The number of ether oxygens (including phenoxy) is 1. The molecule has 1 amide bonds. The quantitative estimate of drug-likeness (QED) is 0.728. The summed E-state index contributed by atoms with van der Waals surface area (Å²) in [5.41, 5.74) is 5.84. The number of nitrogens with zero attached hydrogens (tertiary/aromatic N) is 1. The Kier molecular flexibility index (Phi) is 2.81. The molecule has 21 heavy (non-hydrogen) atoms. The molecule has 3 nitrogen and oxygen atoms in total. The van der Waals surface area contributed by atoms with Gasteiger partial charge < -0.3 is 4.74 Å². The number of allylic oxidation sites excluding steroid dienone is 2.